The Morgan fingerprint density at radius 2 is 1.68 bits per heavy atom. The number of carbonyl (C=O) groups is 1. The third-order valence-electron chi connectivity index (χ3n) is 6.12. The molecule has 0 bridgehead atoms. The van der Waals surface area contributed by atoms with Gasteiger partial charge in [-0.3, -0.25) is 10.6 Å². The van der Waals surface area contributed by atoms with Crippen molar-refractivity contribution in [3.63, 3.8) is 0 Å². The van der Waals surface area contributed by atoms with Gasteiger partial charge in [-0.15, -0.1) is 0 Å². The van der Waals surface area contributed by atoms with Gasteiger partial charge in [0.2, 0.25) is 0 Å². The lowest BCUT2D eigenvalue weighted by Crippen LogP contribution is -2.25. The molecular weight excluding hydrogens is 504 g/mol. The zero-order valence-electron chi connectivity index (χ0n) is 21.3. The fourth-order valence-corrected chi connectivity index (χ4v) is 4.32. The summed E-state index contributed by atoms with van der Waals surface area (Å²) in [5, 5.41) is 17.7. The summed E-state index contributed by atoms with van der Waals surface area (Å²) >= 11 is 6.23. The number of carbonyl (C=O) groups excluding carboxylic acids is 1. The molecule has 0 aliphatic rings. The Labute approximate surface area is 226 Å². The molecular formula is C28H29ClN6O3. The molecule has 4 aromatic rings. The number of aryl methyl sites for hydroxylation is 1. The highest BCUT2D eigenvalue weighted by Gasteiger charge is 2.20. The molecule has 0 fully saturated rings. The Balaban J connectivity index is 1.45. The molecule has 196 valence electrons. The van der Waals surface area contributed by atoms with Crippen LogP contribution >= 0.6 is 11.6 Å². The number of aromatic nitrogens is 1. The van der Waals surface area contributed by atoms with Crippen LogP contribution in [0.3, 0.4) is 0 Å². The molecule has 38 heavy (non-hydrogen) atoms. The summed E-state index contributed by atoms with van der Waals surface area (Å²) in [5.74, 6) is 5.61. The molecule has 3 aromatic carbocycles. The van der Waals surface area contributed by atoms with Crippen LogP contribution in [0.2, 0.25) is 5.02 Å². The van der Waals surface area contributed by atoms with E-state index >= 15 is 0 Å². The summed E-state index contributed by atoms with van der Waals surface area (Å²) < 4.78 is 11.1. The van der Waals surface area contributed by atoms with Crippen molar-refractivity contribution in [2.75, 3.05) is 12.4 Å². The second-order valence-corrected chi connectivity index (χ2v) is 9.09. The maximum Gasteiger partial charge on any atom is 0.412 e. The van der Waals surface area contributed by atoms with Crippen LogP contribution in [-0.4, -0.2) is 24.5 Å². The Morgan fingerprint density at radius 3 is 2.32 bits per heavy atom. The number of ether oxygens (including phenoxy) is 1. The Kier molecular flexibility index (Phi) is 8.73. The monoisotopic (exact) mass is 532 g/mol. The van der Waals surface area contributed by atoms with Crippen molar-refractivity contribution in [3.05, 3.63) is 94.6 Å². The van der Waals surface area contributed by atoms with E-state index in [1.807, 2.05) is 49.5 Å². The quantitative estimate of drug-likeness (QED) is 0.125. The van der Waals surface area contributed by atoms with E-state index in [1.54, 1.807) is 19.9 Å². The van der Waals surface area contributed by atoms with Gasteiger partial charge >= 0.3 is 6.09 Å². The van der Waals surface area contributed by atoms with E-state index in [0.717, 1.165) is 27.8 Å². The SMILES string of the molecule is CNC(Cc1ccc(-c2ccc(-c3onc(C)c3NC(=O)O[C@H](C)c3ccccc3Cl)cc2)cc1)/N=N\N. The normalized spacial score (nSPS) is 12.8. The molecule has 9 nitrogen and oxygen atoms in total. The first kappa shape index (κ1) is 26.8. The van der Waals surface area contributed by atoms with Crippen molar-refractivity contribution in [3.8, 4) is 22.5 Å². The van der Waals surface area contributed by atoms with Crippen LogP contribution in [0, 0.1) is 6.92 Å². The zero-order chi connectivity index (χ0) is 27.1. The predicted octanol–water partition coefficient (Wildman–Crippen LogP) is 6.69. The first-order valence-corrected chi connectivity index (χ1v) is 12.4. The van der Waals surface area contributed by atoms with Crippen LogP contribution in [0.15, 0.2) is 87.7 Å². The summed E-state index contributed by atoms with van der Waals surface area (Å²) in [7, 11) is 1.82. The molecule has 1 amide bonds. The fraction of sp³-hybridized carbons (Fsp3) is 0.214. The van der Waals surface area contributed by atoms with Gasteiger partial charge < -0.3 is 15.1 Å². The Hall–Kier alpha value is -4.21. The molecule has 0 spiro atoms. The smallest absolute Gasteiger partial charge is 0.412 e. The van der Waals surface area contributed by atoms with Gasteiger partial charge in [0.1, 0.15) is 23.7 Å². The molecule has 0 radical (unpaired) electrons. The molecule has 1 heterocycles. The third kappa shape index (κ3) is 6.37. The maximum atomic E-state index is 12.7. The number of nitrogens with zero attached hydrogens (tertiary/aromatic N) is 3. The number of nitrogens with one attached hydrogen (secondary N) is 2. The molecule has 0 aliphatic carbocycles. The van der Waals surface area contributed by atoms with Crippen molar-refractivity contribution in [1.82, 2.24) is 10.5 Å². The summed E-state index contributed by atoms with van der Waals surface area (Å²) in [6.07, 6.45) is -0.659. The van der Waals surface area contributed by atoms with E-state index < -0.39 is 12.2 Å². The van der Waals surface area contributed by atoms with Crippen LogP contribution < -0.4 is 16.5 Å². The van der Waals surface area contributed by atoms with Gasteiger partial charge in [-0.05, 0) is 43.7 Å². The molecule has 4 rings (SSSR count). The topological polar surface area (TPSA) is 127 Å². The summed E-state index contributed by atoms with van der Waals surface area (Å²) in [6.45, 7) is 3.52. The third-order valence-corrected chi connectivity index (χ3v) is 6.46. The standard InChI is InChI=1S/C28H29ClN6O3/c1-17-26(32-28(36)37-18(2)23-6-4-5-7-24(23)29)27(38-34-17)22-14-12-21(13-15-22)20-10-8-19(9-11-20)16-25(31-3)33-35-30/h4-15,18,25,31H,16H2,1-3H3,(H2,30,33)(H,32,36)/t18-,25?/m1/s1. The van der Waals surface area contributed by atoms with Gasteiger partial charge in [-0.25, -0.2) is 4.79 Å². The van der Waals surface area contributed by atoms with E-state index in [0.29, 0.717) is 28.6 Å². The molecule has 0 saturated carbocycles. The van der Waals surface area contributed by atoms with Crippen LogP contribution in [0.25, 0.3) is 22.5 Å². The van der Waals surface area contributed by atoms with Crippen LogP contribution in [0.5, 0.6) is 0 Å². The minimum atomic E-state index is -0.630. The number of rotatable bonds is 9. The van der Waals surface area contributed by atoms with E-state index in [9.17, 15) is 4.79 Å². The van der Waals surface area contributed by atoms with Crippen LogP contribution in [-0.2, 0) is 11.2 Å². The van der Waals surface area contributed by atoms with Gasteiger partial charge in [0.25, 0.3) is 0 Å². The fourth-order valence-electron chi connectivity index (χ4n) is 4.03. The predicted molar refractivity (Wildman–Crippen MR) is 148 cm³/mol. The van der Waals surface area contributed by atoms with Gasteiger partial charge in [0.05, 0.1) is 0 Å². The maximum absolute atomic E-state index is 12.7. The van der Waals surface area contributed by atoms with E-state index in [4.69, 9.17) is 26.7 Å². The van der Waals surface area contributed by atoms with Crippen molar-refractivity contribution in [2.45, 2.75) is 32.5 Å². The summed E-state index contributed by atoms with van der Waals surface area (Å²) in [6, 6.07) is 23.3. The number of likely N-dealkylation sites (N-methyl/N-ethyl adjacent to an activating group) is 1. The average Bonchev–Trinajstić information content (AvgIpc) is 3.28. The lowest BCUT2D eigenvalue weighted by atomic mass is 10.0. The molecule has 1 aromatic heterocycles. The van der Waals surface area contributed by atoms with E-state index in [2.05, 4.69) is 50.4 Å². The number of halogens is 1. The molecule has 1 unspecified atom stereocenters. The highest BCUT2D eigenvalue weighted by Crippen LogP contribution is 2.33. The molecule has 0 saturated heterocycles. The lowest BCUT2D eigenvalue weighted by Gasteiger charge is -2.15. The zero-order valence-corrected chi connectivity index (χ0v) is 22.1. The van der Waals surface area contributed by atoms with E-state index in [1.165, 1.54) is 0 Å². The number of nitrogens with two attached hydrogens (primary N) is 1. The molecule has 2 atom stereocenters. The molecule has 0 aliphatic heterocycles. The minimum Gasteiger partial charge on any atom is -0.441 e. The second kappa shape index (κ2) is 12.4. The van der Waals surface area contributed by atoms with Crippen molar-refractivity contribution < 1.29 is 14.1 Å². The van der Waals surface area contributed by atoms with Gasteiger partial charge in [0, 0.05) is 22.6 Å². The van der Waals surface area contributed by atoms with Gasteiger partial charge in [-0.1, -0.05) is 88.7 Å². The molecule has 4 N–H and O–H groups in total. The van der Waals surface area contributed by atoms with Crippen molar-refractivity contribution in [1.29, 1.82) is 0 Å². The summed E-state index contributed by atoms with van der Waals surface area (Å²) in [4.78, 5) is 12.7. The van der Waals surface area contributed by atoms with Crippen LogP contribution in [0.1, 0.15) is 29.8 Å². The number of anilines is 1. The second-order valence-electron chi connectivity index (χ2n) is 8.68. The van der Waals surface area contributed by atoms with Gasteiger partial charge in [-0.2, -0.15) is 5.11 Å². The Morgan fingerprint density at radius 1 is 1.05 bits per heavy atom. The number of amides is 1. The van der Waals surface area contributed by atoms with Gasteiger partial charge in [0.15, 0.2) is 5.76 Å². The summed E-state index contributed by atoms with van der Waals surface area (Å²) in [5.41, 5.74) is 5.68. The van der Waals surface area contributed by atoms with Crippen molar-refractivity contribution in [2.24, 2.45) is 16.2 Å². The molecule has 10 heteroatoms. The highest BCUT2D eigenvalue weighted by molar-refractivity contribution is 6.31. The first-order chi connectivity index (χ1) is 18.4. The largest absolute Gasteiger partial charge is 0.441 e. The number of hydrogen-bond acceptors (Lipinski definition) is 7. The minimum absolute atomic E-state index is 0.171. The van der Waals surface area contributed by atoms with Crippen molar-refractivity contribution >= 4 is 23.4 Å². The first-order valence-electron chi connectivity index (χ1n) is 12.0. The number of hydrogen-bond donors (Lipinski definition) is 3. The highest BCUT2D eigenvalue weighted by atomic mass is 35.5. The average molecular weight is 533 g/mol. The van der Waals surface area contributed by atoms with E-state index in [-0.39, 0.29) is 6.17 Å². The number of benzene rings is 3. The van der Waals surface area contributed by atoms with Crippen LogP contribution in [0.4, 0.5) is 10.5 Å². The Bertz CT molecular complexity index is 1400. The lowest BCUT2D eigenvalue weighted by molar-refractivity contribution is 0.121.